The first-order valence-corrected chi connectivity index (χ1v) is 6.77. The fourth-order valence-electron chi connectivity index (χ4n) is 1.25. The Labute approximate surface area is 106 Å². The lowest BCUT2D eigenvalue weighted by atomic mass is 10.2. The van der Waals surface area contributed by atoms with Crippen LogP contribution < -0.4 is 0 Å². The van der Waals surface area contributed by atoms with Gasteiger partial charge in [-0.1, -0.05) is 23.2 Å². The van der Waals surface area contributed by atoms with Gasteiger partial charge in [-0.3, -0.25) is 0 Å². The molecule has 2 rings (SSSR count). The average Bonchev–Trinajstić information content (AvgIpc) is 2.75. The Morgan fingerprint density at radius 2 is 2.00 bits per heavy atom. The highest BCUT2D eigenvalue weighted by Gasteiger charge is 2.20. The zero-order chi connectivity index (χ0) is 11.0. The van der Waals surface area contributed by atoms with Crippen LogP contribution in [0.15, 0.2) is 16.8 Å². The molecule has 0 saturated heterocycles. The van der Waals surface area contributed by atoms with Gasteiger partial charge in [0.25, 0.3) is 0 Å². The zero-order valence-electron chi connectivity index (χ0n) is 7.83. The quantitative estimate of drug-likeness (QED) is 0.857. The molecule has 5 heteroatoms. The Morgan fingerprint density at radius 3 is 2.47 bits per heavy atom. The normalized spacial score (nSPS) is 13.1. The van der Waals surface area contributed by atoms with Crippen molar-refractivity contribution < 1.29 is 5.11 Å². The maximum atomic E-state index is 10.1. The maximum absolute atomic E-state index is 10.1. The van der Waals surface area contributed by atoms with E-state index in [0.717, 1.165) is 15.3 Å². The third-order valence-electron chi connectivity index (χ3n) is 2.07. The minimum atomic E-state index is -0.705. The minimum Gasteiger partial charge on any atom is -0.382 e. The topological polar surface area (TPSA) is 20.2 Å². The molecule has 1 nitrogen and oxygen atoms in total. The Kier molecular flexibility index (Phi) is 3.38. The van der Waals surface area contributed by atoms with Crippen LogP contribution in [0.5, 0.6) is 0 Å². The van der Waals surface area contributed by atoms with Gasteiger partial charge in [0.15, 0.2) is 0 Å². The van der Waals surface area contributed by atoms with E-state index in [-0.39, 0.29) is 0 Å². The highest BCUT2D eigenvalue weighted by Crippen LogP contribution is 2.39. The molecule has 2 aromatic rings. The molecule has 0 amide bonds. The lowest BCUT2D eigenvalue weighted by Gasteiger charge is -2.07. The smallest absolute Gasteiger partial charge is 0.125 e. The molecule has 0 radical (unpaired) electrons. The lowest BCUT2D eigenvalue weighted by Crippen LogP contribution is -1.95. The van der Waals surface area contributed by atoms with Crippen LogP contribution in [0.4, 0.5) is 0 Å². The molecule has 0 aliphatic heterocycles. The molecule has 15 heavy (non-hydrogen) atoms. The largest absolute Gasteiger partial charge is 0.382 e. The van der Waals surface area contributed by atoms with E-state index in [2.05, 4.69) is 0 Å². The molecule has 1 N–H and O–H groups in total. The van der Waals surface area contributed by atoms with E-state index in [1.165, 1.54) is 22.7 Å². The number of thiophene rings is 2. The van der Waals surface area contributed by atoms with E-state index in [0.29, 0.717) is 10.0 Å². The van der Waals surface area contributed by atoms with Crippen LogP contribution in [-0.4, -0.2) is 5.11 Å². The fraction of sp³-hybridized carbons (Fsp3) is 0.200. The number of rotatable bonds is 2. The summed E-state index contributed by atoms with van der Waals surface area (Å²) in [5, 5.41) is 15.1. The van der Waals surface area contributed by atoms with Crippen LogP contribution in [0.1, 0.15) is 21.4 Å². The molecule has 1 unspecified atom stereocenters. The van der Waals surface area contributed by atoms with Crippen LogP contribution in [0.3, 0.4) is 0 Å². The van der Waals surface area contributed by atoms with Gasteiger partial charge in [0, 0.05) is 0 Å². The third-order valence-corrected chi connectivity index (χ3v) is 5.24. The summed E-state index contributed by atoms with van der Waals surface area (Å²) < 4.78 is 0. The number of hydrogen-bond donors (Lipinski definition) is 1. The second-order valence-electron chi connectivity index (χ2n) is 3.13. The predicted octanol–water partition coefficient (Wildman–Crippen LogP) is 4.51. The molecule has 1 atom stereocenters. The van der Waals surface area contributed by atoms with Crippen molar-refractivity contribution in [3.8, 4) is 0 Å². The van der Waals surface area contributed by atoms with Gasteiger partial charge in [-0.2, -0.15) is 0 Å². The molecular formula is C10H8Cl2OS2. The van der Waals surface area contributed by atoms with Crippen molar-refractivity contribution in [2.75, 3.05) is 0 Å². The Balaban J connectivity index is 2.41. The first kappa shape index (κ1) is 11.4. The van der Waals surface area contributed by atoms with Crippen molar-refractivity contribution in [3.63, 3.8) is 0 Å². The SMILES string of the molecule is Cc1csc(C(O)c2sccc2Cl)c1Cl. The molecule has 0 aliphatic rings. The fourth-order valence-corrected chi connectivity index (χ4v) is 3.77. The van der Waals surface area contributed by atoms with Crippen molar-refractivity contribution in [2.24, 2.45) is 0 Å². The van der Waals surface area contributed by atoms with Crippen molar-refractivity contribution in [2.45, 2.75) is 13.0 Å². The molecule has 0 spiro atoms. The van der Waals surface area contributed by atoms with Gasteiger partial charge >= 0.3 is 0 Å². The molecular weight excluding hydrogens is 271 g/mol. The number of aryl methyl sites for hydroxylation is 1. The molecule has 0 aromatic carbocycles. The van der Waals surface area contributed by atoms with E-state index in [9.17, 15) is 5.11 Å². The van der Waals surface area contributed by atoms with Gasteiger partial charge < -0.3 is 5.11 Å². The molecule has 0 fully saturated rings. The Bertz CT molecular complexity index is 475. The van der Waals surface area contributed by atoms with E-state index in [1.807, 2.05) is 17.7 Å². The van der Waals surface area contributed by atoms with Crippen LogP contribution in [-0.2, 0) is 0 Å². The second-order valence-corrected chi connectivity index (χ2v) is 5.78. The number of aliphatic hydroxyl groups is 1. The summed E-state index contributed by atoms with van der Waals surface area (Å²) >= 11 is 14.9. The van der Waals surface area contributed by atoms with Crippen LogP contribution >= 0.6 is 45.9 Å². The van der Waals surface area contributed by atoms with Gasteiger partial charge in [0.2, 0.25) is 0 Å². The van der Waals surface area contributed by atoms with Crippen LogP contribution in [0.2, 0.25) is 10.0 Å². The molecule has 0 saturated carbocycles. The average molecular weight is 279 g/mol. The molecule has 80 valence electrons. The monoisotopic (exact) mass is 278 g/mol. The zero-order valence-corrected chi connectivity index (χ0v) is 11.0. The molecule has 2 aromatic heterocycles. The van der Waals surface area contributed by atoms with E-state index < -0.39 is 6.10 Å². The van der Waals surface area contributed by atoms with Crippen LogP contribution in [0.25, 0.3) is 0 Å². The van der Waals surface area contributed by atoms with Gasteiger partial charge in [-0.25, -0.2) is 0 Å². The van der Waals surface area contributed by atoms with E-state index in [1.54, 1.807) is 6.07 Å². The lowest BCUT2D eigenvalue weighted by molar-refractivity contribution is 0.228. The van der Waals surface area contributed by atoms with Crippen molar-refractivity contribution >= 4 is 45.9 Å². The number of hydrogen-bond acceptors (Lipinski definition) is 3. The van der Waals surface area contributed by atoms with Crippen molar-refractivity contribution in [1.29, 1.82) is 0 Å². The highest BCUT2D eigenvalue weighted by molar-refractivity contribution is 7.12. The standard InChI is InChI=1S/C10H8Cl2OS2/c1-5-4-15-10(7(5)12)8(13)9-6(11)2-3-14-9/h2-4,8,13H,1H3. The molecule has 2 heterocycles. The molecule has 0 bridgehead atoms. The summed E-state index contributed by atoms with van der Waals surface area (Å²) in [6, 6.07) is 1.78. The predicted molar refractivity (Wildman–Crippen MR) is 67.5 cm³/mol. The van der Waals surface area contributed by atoms with E-state index in [4.69, 9.17) is 23.2 Å². The first-order chi connectivity index (χ1) is 7.11. The summed E-state index contributed by atoms with van der Waals surface area (Å²) in [5.41, 5.74) is 0.989. The van der Waals surface area contributed by atoms with Gasteiger partial charge in [-0.05, 0) is 29.3 Å². The summed E-state index contributed by atoms with van der Waals surface area (Å²) in [6.45, 7) is 1.92. The second kappa shape index (κ2) is 4.44. The summed E-state index contributed by atoms with van der Waals surface area (Å²) in [6.07, 6.45) is -0.705. The Morgan fingerprint density at radius 1 is 1.27 bits per heavy atom. The van der Waals surface area contributed by atoms with Crippen molar-refractivity contribution in [3.05, 3.63) is 42.2 Å². The van der Waals surface area contributed by atoms with Crippen LogP contribution in [0, 0.1) is 6.92 Å². The highest BCUT2D eigenvalue weighted by atomic mass is 35.5. The summed E-state index contributed by atoms with van der Waals surface area (Å²) in [5.74, 6) is 0. The minimum absolute atomic E-state index is 0.592. The molecule has 0 aliphatic carbocycles. The Hall–Kier alpha value is -0.0600. The first-order valence-electron chi connectivity index (χ1n) is 4.25. The van der Waals surface area contributed by atoms with E-state index >= 15 is 0 Å². The summed E-state index contributed by atoms with van der Waals surface area (Å²) in [4.78, 5) is 1.51. The van der Waals surface area contributed by atoms with Crippen molar-refractivity contribution in [1.82, 2.24) is 0 Å². The third kappa shape index (κ3) is 2.08. The number of aliphatic hydroxyl groups excluding tert-OH is 1. The summed E-state index contributed by atoms with van der Waals surface area (Å²) in [7, 11) is 0. The maximum Gasteiger partial charge on any atom is 0.125 e. The number of halogens is 2. The van der Waals surface area contributed by atoms with Gasteiger partial charge in [0.1, 0.15) is 6.10 Å². The van der Waals surface area contributed by atoms with Gasteiger partial charge in [-0.15, -0.1) is 22.7 Å². The van der Waals surface area contributed by atoms with Gasteiger partial charge in [0.05, 0.1) is 19.8 Å².